The van der Waals surface area contributed by atoms with Crippen LogP contribution >= 0.6 is 0 Å². The summed E-state index contributed by atoms with van der Waals surface area (Å²) in [6, 6.07) is 10.2. The highest BCUT2D eigenvalue weighted by Gasteiger charge is 2.24. The summed E-state index contributed by atoms with van der Waals surface area (Å²) in [4.78, 5) is 11.7. The topological polar surface area (TPSA) is 65.7 Å². The standard InChI is InChI=1S/C21H31N5O/c1-2-22-21(24-13-11-18-9-4-5-12-23-18)25-17-19(20-10-8-16-27-20)26-14-6-3-7-15-26/h4-5,8-10,12,16,19H,2-3,6-7,11,13-15,17H2,1H3,(H2,22,24,25). The van der Waals surface area contributed by atoms with Crippen LogP contribution in [0, 0.1) is 0 Å². The van der Waals surface area contributed by atoms with Crippen molar-refractivity contribution >= 4 is 5.96 Å². The number of nitrogens with one attached hydrogen (secondary N) is 2. The molecule has 0 amide bonds. The zero-order valence-corrected chi connectivity index (χ0v) is 16.2. The third kappa shape index (κ3) is 6.10. The number of nitrogens with zero attached hydrogens (tertiary/aromatic N) is 3. The van der Waals surface area contributed by atoms with Crippen molar-refractivity contribution < 1.29 is 4.42 Å². The Morgan fingerprint density at radius 3 is 2.78 bits per heavy atom. The second-order valence-corrected chi connectivity index (χ2v) is 6.85. The number of guanidine groups is 1. The minimum Gasteiger partial charge on any atom is -0.468 e. The number of hydrogen-bond acceptors (Lipinski definition) is 4. The monoisotopic (exact) mass is 369 g/mol. The molecule has 2 N–H and O–H groups in total. The van der Waals surface area contributed by atoms with Crippen molar-refractivity contribution in [2.75, 3.05) is 32.7 Å². The van der Waals surface area contributed by atoms with Crippen LogP contribution < -0.4 is 10.6 Å². The maximum absolute atomic E-state index is 5.72. The summed E-state index contributed by atoms with van der Waals surface area (Å²) in [6.45, 7) is 6.65. The van der Waals surface area contributed by atoms with Crippen molar-refractivity contribution in [2.24, 2.45) is 4.99 Å². The van der Waals surface area contributed by atoms with Gasteiger partial charge in [-0.25, -0.2) is 0 Å². The van der Waals surface area contributed by atoms with Crippen LogP contribution in [0.2, 0.25) is 0 Å². The van der Waals surface area contributed by atoms with Crippen LogP contribution in [-0.4, -0.2) is 48.6 Å². The van der Waals surface area contributed by atoms with Gasteiger partial charge in [0.05, 0.1) is 18.8 Å². The lowest BCUT2D eigenvalue weighted by molar-refractivity contribution is 0.150. The van der Waals surface area contributed by atoms with Gasteiger partial charge in [0.2, 0.25) is 0 Å². The van der Waals surface area contributed by atoms with Crippen molar-refractivity contribution in [3.8, 4) is 0 Å². The minimum absolute atomic E-state index is 0.201. The Morgan fingerprint density at radius 1 is 1.19 bits per heavy atom. The van der Waals surface area contributed by atoms with Crippen molar-refractivity contribution in [1.29, 1.82) is 0 Å². The van der Waals surface area contributed by atoms with Crippen LogP contribution in [0.4, 0.5) is 0 Å². The fourth-order valence-electron chi connectivity index (χ4n) is 3.47. The Balaban J connectivity index is 1.60. The zero-order valence-electron chi connectivity index (χ0n) is 16.2. The van der Waals surface area contributed by atoms with E-state index in [0.29, 0.717) is 6.54 Å². The summed E-state index contributed by atoms with van der Waals surface area (Å²) in [5, 5.41) is 6.76. The third-order valence-corrected chi connectivity index (χ3v) is 4.87. The SMILES string of the molecule is CCNC(=NCC(c1ccco1)N1CCCCC1)NCCc1ccccn1. The molecule has 3 heterocycles. The fraction of sp³-hybridized carbons (Fsp3) is 0.524. The molecule has 0 aromatic carbocycles. The molecule has 27 heavy (non-hydrogen) atoms. The number of furan rings is 1. The average molecular weight is 370 g/mol. The first kappa shape index (κ1) is 19.4. The van der Waals surface area contributed by atoms with Crippen LogP contribution in [0.1, 0.15) is 43.7 Å². The number of aromatic nitrogens is 1. The van der Waals surface area contributed by atoms with Gasteiger partial charge in [0.25, 0.3) is 0 Å². The fourth-order valence-corrected chi connectivity index (χ4v) is 3.47. The highest BCUT2D eigenvalue weighted by atomic mass is 16.3. The lowest BCUT2D eigenvalue weighted by atomic mass is 10.1. The van der Waals surface area contributed by atoms with E-state index in [0.717, 1.165) is 50.0 Å². The predicted molar refractivity (Wildman–Crippen MR) is 109 cm³/mol. The molecule has 1 atom stereocenters. The molecule has 6 heteroatoms. The predicted octanol–water partition coefficient (Wildman–Crippen LogP) is 3.00. The number of likely N-dealkylation sites (tertiary alicyclic amines) is 1. The van der Waals surface area contributed by atoms with Gasteiger partial charge in [0.1, 0.15) is 5.76 Å². The summed E-state index contributed by atoms with van der Waals surface area (Å²) in [5.74, 6) is 1.85. The number of piperidine rings is 1. The summed E-state index contributed by atoms with van der Waals surface area (Å²) in [5.41, 5.74) is 1.09. The van der Waals surface area contributed by atoms with Crippen LogP contribution in [0.5, 0.6) is 0 Å². The Morgan fingerprint density at radius 2 is 2.07 bits per heavy atom. The van der Waals surface area contributed by atoms with E-state index >= 15 is 0 Å². The molecule has 1 saturated heterocycles. The molecule has 3 rings (SSSR count). The molecular formula is C21H31N5O. The van der Waals surface area contributed by atoms with Crippen molar-refractivity contribution in [1.82, 2.24) is 20.5 Å². The average Bonchev–Trinajstić information content (AvgIpc) is 3.24. The molecule has 0 spiro atoms. The molecule has 1 unspecified atom stereocenters. The maximum Gasteiger partial charge on any atom is 0.191 e. The Kier molecular flexibility index (Phi) is 7.71. The Hall–Kier alpha value is -2.34. The van der Waals surface area contributed by atoms with E-state index in [-0.39, 0.29) is 6.04 Å². The number of rotatable bonds is 8. The highest BCUT2D eigenvalue weighted by molar-refractivity contribution is 5.79. The van der Waals surface area contributed by atoms with Crippen LogP contribution in [0.25, 0.3) is 0 Å². The second kappa shape index (κ2) is 10.7. The summed E-state index contributed by atoms with van der Waals surface area (Å²) < 4.78 is 5.72. The normalized spacial score (nSPS) is 16.9. The molecule has 0 radical (unpaired) electrons. The Bertz CT molecular complexity index is 665. The lowest BCUT2D eigenvalue weighted by Crippen LogP contribution is -2.40. The van der Waals surface area contributed by atoms with Gasteiger partial charge < -0.3 is 15.1 Å². The first-order valence-corrected chi connectivity index (χ1v) is 10.1. The Labute approximate surface area is 162 Å². The minimum atomic E-state index is 0.201. The van der Waals surface area contributed by atoms with Gasteiger partial charge in [-0.3, -0.25) is 14.9 Å². The number of hydrogen-bond donors (Lipinski definition) is 2. The van der Waals surface area contributed by atoms with E-state index in [1.54, 1.807) is 6.26 Å². The van der Waals surface area contributed by atoms with Gasteiger partial charge in [-0.15, -0.1) is 0 Å². The molecular weight excluding hydrogens is 338 g/mol. The van der Waals surface area contributed by atoms with Crippen LogP contribution in [0.15, 0.2) is 52.2 Å². The van der Waals surface area contributed by atoms with Crippen LogP contribution in [-0.2, 0) is 6.42 Å². The van der Waals surface area contributed by atoms with E-state index in [9.17, 15) is 0 Å². The lowest BCUT2D eigenvalue weighted by Gasteiger charge is -2.32. The highest BCUT2D eigenvalue weighted by Crippen LogP contribution is 2.25. The number of pyridine rings is 1. The van der Waals surface area contributed by atoms with E-state index in [1.165, 1.54) is 19.3 Å². The summed E-state index contributed by atoms with van der Waals surface area (Å²) >= 11 is 0. The summed E-state index contributed by atoms with van der Waals surface area (Å²) in [6.07, 6.45) is 8.29. The van der Waals surface area contributed by atoms with Crippen LogP contribution in [0.3, 0.4) is 0 Å². The van der Waals surface area contributed by atoms with Gasteiger partial charge >= 0.3 is 0 Å². The van der Waals surface area contributed by atoms with E-state index in [1.807, 2.05) is 24.4 Å². The van der Waals surface area contributed by atoms with Gasteiger partial charge in [-0.05, 0) is 57.1 Å². The molecule has 0 bridgehead atoms. The number of aliphatic imine (C=N–C) groups is 1. The van der Waals surface area contributed by atoms with Gasteiger partial charge in [-0.1, -0.05) is 12.5 Å². The van der Waals surface area contributed by atoms with E-state index < -0.39 is 0 Å². The van der Waals surface area contributed by atoms with Gasteiger partial charge in [-0.2, -0.15) is 0 Å². The molecule has 0 aliphatic carbocycles. The zero-order chi connectivity index (χ0) is 18.7. The van der Waals surface area contributed by atoms with E-state index in [4.69, 9.17) is 9.41 Å². The van der Waals surface area contributed by atoms with Gasteiger partial charge in [0.15, 0.2) is 5.96 Å². The molecule has 1 aliphatic heterocycles. The molecule has 2 aromatic heterocycles. The molecule has 2 aromatic rings. The van der Waals surface area contributed by atoms with Crippen molar-refractivity contribution in [2.45, 2.75) is 38.6 Å². The molecule has 1 fully saturated rings. The third-order valence-electron chi connectivity index (χ3n) is 4.87. The first-order chi connectivity index (χ1) is 13.4. The molecule has 1 aliphatic rings. The summed E-state index contributed by atoms with van der Waals surface area (Å²) in [7, 11) is 0. The molecule has 146 valence electrons. The second-order valence-electron chi connectivity index (χ2n) is 6.85. The largest absolute Gasteiger partial charge is 0.468 e. The quantitative estimate of drug-likeness (QED) is 0.553. The van der Waals surface area contributed by atoms with Crippen molar-refractivity contribution in [3.63, 3.8) is 0 Å². The molecule has 0 saturated carbocycles. The smallest absolute Gasteiger partial charge is 0.191 e. The molecule has 6 nitrogen and oxygen atoms in total. The van der Waals surface area contributed by atoms with Gasteiger partial charge in [0, 0.05) is 31.4 Å². The van der Waals surface area contributed by atoms with E-state index in [2.05, 4.69) is 39.6 Å². The maximum atomic E-state index is 5.72. The van der Waals surface area contributed by atoms with Crippen molar-refractivity contribution in [3.05, 3.63) is 54.2 Å². The first-order valence-electron chi connectivity index (χ1n) is 10.1.